The molecule has 6 heteroatoms. The van der Waals surface area contributed by atoms with Crippen LogP contribution in [0.3, 0.4) is 0 Å². The summed E-state index contributed by atoms with van der Waals surface area (Å²) < 4.78 is 29.8. The molecule has 0 fully saturated rings. The summed E-state index contributed by atoms with van der Waals surface area (Å²) in [6.45, 7) is -0.321. The van der Waals surface area contributed by atoms with Gasteiger partial charge in [0, 0.05) is 6.07 Å². The van der Waals surface area contributed by atoms with Crippen LogP contribution in [-0.4, -0.2) is 17.2 Å². The lowest BCUT2D eigenvalue weighted by Gasteiger charge is -2.10. The van der Waals surface area contributed by atoms with Crippen LogP contribution >= 0.6 is 15.9 Å². The van der Waals surface area contributed by atoms with Crippen molar-refractivity contribution in [2.45, 2.75) is 13.0 Å². The molecule has 14 heavy (non-hydrogen) atoms. The van der Waals surface area contributed by atoms with Crippen LogP contribution in [0.2, 0.25) is 0 Å². The molecule has 1 aromatic rings. The van der Waals surface area contributed by atoms with Gasteiger partial charge in [-0.2, -0.15) is 0 Å². The Labute approximate surface area is 87.9 Å². The van der Waals surface area contributed by atoms with Gasteiger partial charge in [0.15, 0.2) is 0 Å². The number of halogens is 3. The molecule has 3 nitrogen and oxygen atoms in total. The molecule has 0 bridgehead atoms. The van der Waals surface area contributed by atoms with Gasteiger partial charge in [0.05, 0.1) is 25.0 Å². The largest absolute Gasteiger partial charge is 0.496 e. The summed E-state index contributed by atoms with van der Waals surface area (Å²) in [6.07, 6.45) is -2.67. The summed E-state index contributed by atoms with van der Waals surface area (Å²) in [5.74, 6) is 0.0194. The van der Waals surface area contributed by atoms with Crippen molar-refractivity contribution in [1.82, 2.24) is 4.98 Å². The first-order valence-corrected chi connectivity index (χ1v) is 4.51. The Bertz CT molecular complexity index is 333. The summed E-state index contributed by atoms with van der Waals surface area (Å²) in [6, 6.07) is 1.28. The van der Waals surface area contributed by atoms with Crippen LogP contribution in [0.25, 0.3) is 0 Å². The number of aliphatic hydroxyl groups excluding tert-OH is 1. The highest BCUT2D eigenvalue weighted by Crippen LogP contribution is 2.34. The van der Waals surface area contributed by atoms with E-state index >= 15 is 0 Å². The lowest BCUT2D eigenvalue weighted by atomic mass is 10.2. The fourth-order valence-corrected chi connectivity index (χ4v) is 1.59. The zero-order valence-electron chi connectivity index (χ0n) is 7.30. The number of nitrogens with zero attached hydrogens (tertiary/aromatic N) is 1. The van der Waals surface area contributed by atoms with E-state index in [4.69, 9.17) is 9.84 Å². The maximum absolute atomic E-state index is 12.5. The molecule has 1 aromatic heterocycles. The van der Waals surface area contributed by atoms with Crippen LogP contribution in [0.5, 0.6) is 5.75 Å². The number of hydrogen-bond donors (Lipinski definition) is 1. The molecule has 0 aliphatic carbocycles. The Morgan fingerprint density at radius 1 is 1.64 bits per heavy atom. The number of aliphatic hydroxyl groups is 1. The normalized spacial score (nSPS) is 10.7. The number of alkyl halides is 2. The van der Waals surface area contributed by atoms with Gasteiger partial charge in [-0.25, -0.2) is 13.8 Å². The second kappa shape index (κ2) is 4.65. The Hall–Kier alpha value is -0.750. The fourth-order valence-electron chi connectivity index (χ4n) is 0.997. The van der Waals surface area contributed by atoms with Gasteiger partial charge in [-0.15, -0.1) is 0 Å². The van der Waals surface area contributed by atoms with Gasteiger partial charge in [0.25, 0.3) is 6.43 Å². The zero-order valence-corrected chi connectivity index (χ0v) is 8.88. The molecule has 0 aromatic carbocycles. The molecule has 0 aliphatic rings. The van der Waals surface area contributed by atoms with Crippen molar-refractivity contribution in [3.8, 4) is 5.75 Å². The Kier molecular flexibility index (Phi) is 3.77. The molecular weight excluding hydrogens is 260 g/mol. The Morgan fingerprint density at radius 2 is 2.29 bits per heavy atom. The van der Waals surface area contributed by atoms with E-state index in [2.05, 4.69) is 20.9 Å². The van der Waals surface area contributed by atoms with Crippen LogP contribution in [-0.2, 0) is 6.61 Å². The molecular formula is C8H8BrF2NO2. The minimum absolute atomic E-state index is 0.00380. The van der Waals surface area contributed by atoms with E-state index in [1.165, 1.54) is 13.2 Å². The van der Waals surface area contributed by atoms with Crippen LogP contribution in [0.1, 0.15) is 17.7 Å². The van der Waals surface area contributed by atoms with E-state index in [9.17, 15) is 8.78 Å². The standard InChI is InChI=1S/C8H8BrF2NO2/c1-14-5-2-4(3-13)12-7(9)6(5)8(10)11/h2,8,13H,3H2,1H3. The number of aromatic nitrogens is 1. The minimum Gasteiger partial charge on any atom is -0.496 e. The predicted molar refractivity (Wildman–Crippen MR) is 49.4 cm³/mol. The van der Waals surface area contributed by atoms with Crippen molar-refractivity contribution in [2.75, 3.05) is 7.11 Å². The van der Waals surface area contributed by atoms with Crippen molar-refractivity contribution < 1.29 is 18.6 Å². The van der Waals surface area contributed by atoms with Crippen molar-refractivity contribution in [1.29, 1.82) is 0 Å². The summed E-state index contributed by atoms with van der Waals surface area (Å²) in [5.41, 5.74) is -0.0252. The minimum atomic E-state index is -2.67. The van der Waals surface area contributed by atoms with E-state index in [1.54, 1.807) is 0 Å². The molecule has 0 unspecified atom stereocenters. The third kappa shape index (κ3) is 2.19. The Balaban J connectivity index is 3.27. The van der Waals surface area contributed by atoms with Crippen molar-refractivity contribution in [3.05, 3.63) is 21.9 Å². The smallest absolute Gasteiger partial charge is 0.270 e. The number of ether oxygens (including phenoxy) is 1. The van der Waals surface area contributed by atoms with E-state index in [0.717, 1.165) is 0 Å². The van der Waals surface area contributed by atoms with Gasteiger partial charge >= 0.3 is 0 Å². The topological polar surface area (TPSA) is 42.4 Å². The maximum atomic E-state index is 12.5. The molecule has 0 radical (unpaired) electrons. The van der Waals surface area contributed by atoms with Gasteiger partial charge in [-0.05, 0) is 15.9 Å². The average Bonchev–Trinajstić information content (AvgIpc) is 2.15. The molecule has 0 saturated heterocycles. The zero-order chi connectivity index (χ0) is 10.7. The summed E-state index contributed by atoms with van der Waals surface area (Å²) in [5, 5.41) is 8.79. The predicted octanol–water partition coefficient (Wildman–Crippen LogP) is 2.28. The highest BCUT2D eigenvalue weighted by Gasteiger charge is 2.19. The summed E-state index contributed by atoms with van der Waals surface area (Å²) >= 11 is 2.90. The highest BCUT2D eigenvalue weighted by atomic mass is 79.9. The van der Waals surface area contributed by atoms with E-state index in [0.29, 0.717) is 0 Å². The van der Waals surface area contributed by atoms with Crippen molar-refractivity contribution in [3.63, 3.8) is 0 Å². The lowest BCUT2D eigenvalue weighted by molar-refractivity contribution is 0.145. The molecule has 0 atom stereocenters. The van der Waals surface area contributed by atoms with Crippen LogP contribution in [0.4, 0.5) is 8.78 Å². The Morgan fingerprint density at radius 3 is 2.71 bits per heavy atom. The molecule has 1 N–H and O–H groups in total. The molecule has 0 spiro atoms. The molecule has 0 amide bonds. The van der Waals surface area contributed by atoms with Gasteiger partial charge in [-0.3, -0.25) is 0 Å². The number of pyridine rings is 1. The van der Waals surface area contributed by atoms with Crippen LogP contribution in [0, 0.1) is 0 Å². The van der Waals surface area contributed by atoms with Gasteiger partial charge in [-0.1, -0.05) is 0 Å². The fraction of sp³-hybridized carbons (Fsp3) is 0.375. The number of rotatable bonds is 3. The first-order valence-electron chi connectivity index (χ1n) is 3.72. The summed E-state index contributed by atoms with van der Waals surface area (Å²) in [4.78, 5) is 3.73. The monoisotopic (exact) mass is 267 g/mol. The van der Waals surface area contributed by atoms with Crippen molar-refractivity contribution in [2.24, 2.45) is 0 Å². The third-order valence-corrected chi connectivity index (χ3v) is 2.23. The number of methoxy groups -OCH3 is 1. The molecule has 78 valence electrons. The first-order chi connectivity index (χ1) is 6.60. The van der Waals surface area contributed by atoms with Crippen molar-refractivity contribution >= 4 is 15.9 Å². The quantitative estimate of drug-likeness (QED) is 0.855. The molecule has 1 rings (SSSR count). The van der Waals surface area contributed by atoms with E-state index < -0.39 is 6.43 Å². The first kappa shape index (κ1) is 11.3. The molecule has 0 saturated carbocycles. The highest BCUT2D eigenvalue weighted by molar-refractivity contribution is 9.10. The average molecular weight is 268 g/mol. The van der Waals surface area contributed by atoms with Crippen LogP contribution < -0.4 is 4.74 Å². The third-order valence-electron chi connectivity index (χ3n) is 1.63. The number of hydrogen-bond acceptors (Lipinski definition) is 3. The summed E-state index contributed by atoms with van der Waals surface area (Å²) in [7, 11) is 1.29. The maximum Gasteiger partial charge on any atom is 0.270 e. The van der Waals surface area contributed by atoms with Gasteiger partial charge < -0.3 is 9.84 Å². The second-order valence-electron chi connectivity index (χ2n) is 2.48. The van der Waals surface area contributed by atoms with E-state index in [-0.39, 0.29) is 28.2 Å². The lowest BCUT2D eigenvalue weighted by Crippen LogP contribution is -2.00. The SMILES string of the molecule is COc1cc(CO)nc(Br)c1C(F)F. The van der Waals surface area contributed by atoms with Gasteiger partial charge in [0.1, 0.15) is 10.4 Å². The molecule has 0 aliphatic heterocycles. The van der Waals surface area contributed by atoms with Gasteiger partial charge in [0.2, 0.25) is 0 Å². The second-order valence-corrected chi connectivity index (χ2v) is 3.23. The van der Waals surface area contributed by atoms with Crippen LogP contribution in [0.15, 0.2) is 10.7 Å². The van der Waals surface area contributed by atoms with E-state index in [1.807, 2.05) is 0 Å². The molecule has 1 heterocycles.